The fraction of sp³-hybridized carbons (Fsp3) is 0.500. The fourth-order valence-electron chi connectivity index (χ4n) is 6.70. The van der Waals surface area contributed by atoms with Crippen molar-refractivity contribution < 1.29 is 0 Å². The maximum atomic E-state index is 4.12. The maximum absolute atomic E-state index is 4.12. The van der Waals surface area contributed by atoms with E-state index in [0.717, 1.165) is 5.54 Å². The molecule has 0 N–H and O–H groups in total. The van der Waals surface area contributed by atoms with Crippen LogP contribution in [0.3, 0.4) is 0 Å². The van der Waals surface area contributed by atoms with Gasteiger partial charge < -0.3 is 0 Å². The van der Waals surface area contributed by atoms with Crippen LogP contribution >= 0.6 is 0 Å². The molecule has 0 atom stereocenters. The highest BCUT2D eigenvalue weighted by molar-refractivity contribution is 7.03. The lowest BCUT2D eigenvalue weighted by atomic mass is 9.89. The highest BCUT2D eigenvalue weighted by Crippen LogP contribution is 2.42. The molecule has 37 heavy (non-hydrogen) atoms. The van der Waals surface area contributed by atoms with Crippen molar-refractivity contribution in [3.8, 4) is 0 Å². The van der Waals surface area contributed by atoms with Crippen LogP contribution in [0.15, 0.2) is 74.3 Å². The van der Waals surface area contributed by atoms with Gasteiger partial charge in [0.05, 0.1) is 0 Å². The molecule has 0 aromatic heterocycles. The van der Waals surface area contributed by atoms with E-state index < -0.39 is 8.07 Å². The summed E-state index contributed by atoms with van der Waals surface area (Å²) < 4.78 is 0. The second-order valence-corrected chi connectivity index (χ2v) is 15.8. The Morgan fingerprint density at radius 3 is 1.46 bits per heavy atom. The molecule has 1 saturated carbocycles. The highest BCUT2D eigenvalue weighted by atomic mass is 28.3. The summed E-state index contributed by atoms with van der Waals surface area (Å²) in [6.45, 7) is 14.4. The standard InChI is InChI=1S/C36H52Si/c1-5-9-10-11-12-13-14-15-16-17-30-37(34-24-18-31(6-2)19-25-34,35-26-20-32(7-3)21-27-35)36-28-22-33(8-4)23-29-36/h6-8,18-21,24-27,33,36H,2-5,9-17,22-23,28-30H2,1H3. The molecule has 1 fully saturated rings. The van der Waals surface area contributed by atoms with Crippen LogP contribution in [0.5, 0.6) is 0 Å². The number of rotatable bonds is 17. The van der Waals surface area contributed by atoms with Crippen molar-refractivity contribution >= 4 is 30.6 Å². The summed E-state index contributed by atoms with van der Waals surface area (Å²) in [6.07, 6.45) is 25.4. The molecular formula is C36H52Si. The van der Waals surface area contributed by atoms with E-state index in [9.17, 15) is 0 Å². The van der Waals surface area contributed by atoms with Crippen LogP contribution in [0.4, 0.5) is 0 Å². The van der Waals surface area contributed by atoms with Gasteiger partial charge in [0.1, 0.15) is 8.07 Å². The first-order valence-corrected chi connectivity index (χ1v) is 17.5. The molecule has 0 unspecified atom stereocenters. The van der Waals surface area contributed by atoms with Crippen molar-refractivity contribution in [1.82, 2.24) is 0 Å². The minimum absolute atomic E-state index is 0.701. The van der Waals surface area contributed by atoms with E-state index in [0.29, 0.717) is 5.92 Å². The van der Waals surface area contributed by atoms with Gasteiger partial charge in [-0.2, -0.15) is 0 Å². The summed E-state index contributed by atoms with van der Waals surface area (Å²) in [5.74, 6) is 0.701. The molecule has 3 rings (SSSR count). The van der Waals surface area contributed by atoms with Gasteiger partial charge in [0.15, 0.2) is 0 Å². The van der Waals surface area contributed by atoms with E-state index in [1.807, 2.05) is 12.2 Å². The molecule has 0 spiro atoms. The molecule has 2 aromatic carbocycles. The smallest absolute Gasteiger partial charge is 0.103 e. The van der Waals surface area contributed by atoms with Crippen molar-refractivity contribution in [2.24, 2.45) is 5.92 Å². The molecule has 2 aromatic rings. The van der Waals surface area contributed by atoms with Crippen molar-refractivity contribution in [2.45, 2.75) is 108 Å². The normalized spacial score (nSPS) is 17.9. The van der Waals surface area contributed by atoms with Gasteiger partial charge in [0.25, 0.3) is 0 Å². The van der Waals surface area contributed by atoms with Gasteiger partial charge in [0.2, 0.25) is 0 Å². The lowest BCUT2D eigenvalue weighted by Gasteiger charge is -2.43. The van der Waals surface area contributed by atoms with E-state index in [1.165, 1.54) is 107 Å². The molecule has 0 aliphatic heterocycles. The Balaban J connectivity index is 1.81. The molecule has 1 heteroatoms. The van der Waals surface area contributed by atoms with Gasteiger partial charge in [-0.15, -0.1) is 6.58 Å². The lowest BCUT2D eigenvalue weighted by Crippen LogP contribution is -2.62. The largest absolute Gasteiger partial charge is 0.121 e. The molecule has 0 heterocycles. The Labute approximate surface area is 230 Å². The third-order valence-electron chi connectivity index (χ3n) is 9.05. The van der Waals surface area contributed by atoms with Crippen LogP contribution in [0.25, 0.3) is 12.2 Å². The molecule has 0 saturated heterocycles. The van der Waals surface area contributed by atoms with Gasteiger partial charge in [-0.1, -0.05) is 174 Å². The first kappa shape index (κ1) is 29.4. The van der Waals surface area contributed by atoms with E-state index in [1.54, 1.807) is 10.4 Å². The predicted molar refractivity (Wildman–Crippen MR) is 171 cm³/mol. The summed E-state index contributed by atoms with van der Waals surface area (Å²) >= 11 is 0. The molecule has 0 bridgehead atoms. The lowest BCUT2D eigenvalue weighted by molar-refractivity contribution is 0.413. The predicted octanol–water partition coefficient (Wildman–Crippen LogP) is 10.2. The first-order valence-electron chi connectivity index (χ1n) is 15.3. The second kappa shape index (κ2) is 16.0. The number of hydrogen-bond donors (Lipinski definition) is 0. The Morgan fingerprint density at radius 2 is 1.05 bits per heavy atom. The van der Waals surface area contributed by atoms with Gasteiger partial charge in [0, 0.05) is 0 Å². The summed E-state index contributed by atoms with van der Waals surface area (Å²) in [6, 6.07) is 20.4. The second-order valence-electron chi connectivity index (χ2n) is 11.4. The third kappa shape index (κ3) is 8.18. The van der Waals surface area contributed by atoms with Crippen molar-refractivity contribution in [3.63, 3.8) is 0 Å². The molecular weight excluding hydrogens is 460 g/mol. The minimum Gasteiger partial charge on any atom is -0.103 e. The number of benzene rings is 2. The van der Waals surface area contributed by atoms with Crippen molar-refractivity contribution in [3.05, 3.63) is 85.5 Å². The van der Waals surface area contributed by atoms with Gasteiger partial charge in [-0.25, -0.2) is 0 Å². The molecule has 1 aliphatic carbocycles. The van der Waals surface area contributed by atoms with Crippen molar-refractivity contribution in [2.75, 3.05) is 0 Å². The number of unbranched alkanes of at least 4 members (excludes halogenated alkanes) is 9. The Hall–Kier alpha value is -2.12. The van der Waals surface area contributed by atoms with Crippen LogP contribution in [-0.2, 0) is 0 Å². The molecule has 1 aliphatic rings. The topological polar surface area (TPSA) is 0 Å². The van der Waals surface area contributed by atoms with Crippen molar-refractivity contribution in [1.29, 1.82) is 0 Å². The van der Waals surface area contributed by atoms with E-state index in [-0.39, 0.29) is 0 Å². The maximum Gasteiger partial charge on any atom is 0.121 e. The number of allylic oxidation sites excluding steroid dienone is 1. The quantitative estimate of drug-likeness (QED) is 0.112. The molecule has 0 nitrogen and oxygen atoms in total. The summed E-state index contributed by atoms with van der Waals surface area (Å²) in [5.41, 5.74) is 3.25. The summed E-state index contributed by atoms with van der Waals surface area (Å²) in [4.78, 5) is 0. The molecule has 0 amide bonds. The molecule has 200 valence electrons. The highest BCUT2D eigenvalue weighted by Gasteiger charge is 2.44. The summed E-state index contributed by atoms with van der Waals surface area (Å²) in [5, 5.41) is 3.25. The fourth-order valence-corrected chi connectivity index (χ4v) is 12.6. The van der Waals surface area contributed by atoms with Crippen LogP contribution in [-0.4, -0.2) is 8.07 Å². The summed E-state index contributed by atoms with van der Waals surface area (Å²) in [7, 11) is -1.95. The van der Waals surface area contributed by atoms with Crippen LogP contribution < -0.4 is 10.4 Å². The van der Waals surface area contributed by atoms with E-state index in [2.05, 4.69) is 81.3 Å². The van der Waals surface area contributed by atoms with E-state index in [4.69, 9.17) is 0 Å². The zero-order chi connectivity index (χ0) is 26.3. The minimum atomic E-state index is -1.95. The third-order valence-corrected chi connectivity index (χ3v) is 14.9. The van der Waals surface area contributed by atoms with Crippen LogP contribution in [0, 0.1) is 5.92 Å². The Morgan fingerprint density at radius 1 is 0.622 bits per heavy atom. The Bertz CT molecular complexity index is 876. The SMILES string of the molecule is C=Cc1ccc([Si](CCCCCCCCCCCC)(c2ccc(C=C)cc2)C2CCC(C=C)CC2)cc1. The van der Waals surface area contributed by atoms with Crippen LogP contribution in [0.2, 0.25) is 11.6 Å². The van der Waals surface area contributed by atoms with Gasteiger partial charge in [-0.3, -0.25) is 0 Å². The molecule has 0 radical (unpaired) electrons. The van der Waals surface area contributed by atoms with Gasteiger partial charge >= 0.3 is 0 Å². The number of hydrogen-bond acceptors (Lipinski definition) is 0. The zero-order valence-corrected chi connectivity index (χ0v) is 24.7. The average molecular weight is 513 g/mol. The monoisotopic (exact) mass is 512 g/mol. The van der Waals surface area contributed by atoms with Crippen LogP contribution in [0.1, 0.15) is 108 Å². The van der Waals surface area contributed by atoms with Gasteiger partial charge in [-0.05, 0) is 41.5 Å². The zero-order valence-electron chi connectivity index (χ0n) is 23.7. The first-order chi connectivity index (χ1) is 18.2. The Kier molecular flexibility index (Phi) is 12.7. The average Bonchev–Trinajstić information content (AvgIpc) is 2.96. The van der Waals surface area contributed by atoms with E-state index >= 15 is 0 Å².